The van der Waals surface area contributed by atoms with Gasteiger partial charge in [-0.1, -0.05) is 39.0 Å². The zero-order valence-electron chi connectivity index (χ0n) is 14.2. The van der Waals surface area contributed by atoms with E-state index in [4.69, 9.17) is 4.74 Å². The van der Waals surface area contributed by atoms with Gasteiger partial charge < -0.3 is 15.4 Å². The highest BCUT2D eigenvalue weighted by molar-refractivity contribution is 6.39. The van der Waals surface area contributed by atoms with E-state index in [9.17, 15) is 9.59 Å². The summed E-state index contributed by atoms with van der Waals surface area (Å²) in [5.74, 6) is -0.495. The minimum atomic E-state index is -0.639. The second-order valence-electron chi connectivity index (χ2n) is 5.44. The van der Waals surface area contributed by atoms with Crippen LogP contribution >= 0.6 is 0 Å². The van der Waals surface area contributed by atoms with Crippen molar-refractivity contribution >= 4 is 17.5 Å². The molecular formula is C18H28N2O3. The number of rotatable bonds is 10. The number of ether oxygens (including phenoxy) is 1. The standard InChI is InChI=1S/C18H28N2O3/c1-3-5-6-7-8-9-14-19-17(21)18(22)20-15-10-12-16(13-11-15)23-4-2/h10-13H,3-9,14H2,1-2H3,(H,19,21)(H,20,22). The molecule has 0 atom stereocenters. The van der Waals surface area contributed by atoms with Crippen LogP contribution in [0.2, 0.25) is 0 Å². The molecule has 0 spiro atoms. The summed E-state index contributed by atoms with van der Waals surface area (Å²) in [5.41, 5.74) is 0.577. The van der Waals surface area contributed by atoms with Crippen molar-refractivity contribution in [3.05, 3.63) is 24.3 Å². The van der Waals surface area contributed by atoms with Gasteiger partial charge in [0.25, 0.3) is 0 Å². The molecule has 0 radical (unpaired) electrons. The molecule has 0 aromatic heterocycles. The van der Waals surface area contributed by atoms with E-state index in [1.165, 1.54) is 25.7 Å². The van der Waals surface area contributed by atoms with Crippen molar-refractivity contribution < 1.29 is 14.3 Å². The van der Waals surface area contributed by atoms with Crippen LogP contribution in [0.5, 0.6) is 5.75 Å². The number of carbonyl (C=O) groups is 2. The lowest BCUT2D eigenvalue weighted by Gasteiger charge is -2.08. The molecule has 0 aliphatic carbocycles. The van der Waals surface area contributed by atoms with Crippen molar-refractivity contribution in [2.75, 3.05) is 18.5 Å². The number of benzene rings is 1. The number of unbranched alkanes of at least 4 members (excludes halogenated alkanes) is 5. The van der Waals surface area contributed by atoms with Crippen molar-refractivity contribution in [3.8, 4) is 5.75 Å². The van der Waals surface area contributed by atoms with Gasteiger partial charge in [0, 0.05) is 12.2 Å². The van der Waals surface area contributed by atoms with E-state index >= 15 is 0 Å². The Balaban J connectivity index is 2.21. The Kier molecular flexibility index (Phi) is 9.52. The first-order valence-electron chi connectivity index (χ1n) is 8.49. The first-order valence-corrected chi connectivity index (χ1v) is 8.49. The number of nitrogens with one attached hydrogen (secondary N) is 2. The van der Waals surface area contributed by atoms with Gasteiger partial charge in [0.1, 0.15) is 5.75 Å². The maximum Gasteiger partial charge on any atom is 0.313 e. The van der Waals surface area contributed by atoms with Crippen LogP contribution in [0.3, 0.4) is 0 Å². The third-order valence-electron chi connectivity index (χ3n) is 3.45. The van der Waals surface area contributed by atoms with E-state index in [1.54, 1.807) is 24.3 Å². The molecule has 5 nitrogen and oxygen atoms in total. The predicted molar refractivity (Wildman–Crippen MR) is 92.6 cm³/mol. The molecule has 0 heterocycles. The summed E-state index contributed by atoms with van der Waals surface area (Å²) in [4.78, 5) is 23.5. The fourth-order valence-electron chi connectivity index (χ4n) is 2.18. The fourth-order valence-corrected chi connectivity index (χ4v) is 2.18. The topological polar surface area (TPSA) is 67.4 Å². The average Bonchev–Trinajstić information content (AvgIpc) is 2.56. The summed E-state index contributed by atoms with van der Waals surface area (Å²) in [7, 11) is 0. The van der Waals surface area contributed by atoms with Crippen LogP contribution in [0.1, 0.15) is 52.4 Å². The molecule has 1 aromatic rings. The lowest BCUT2D eigenvalue weighted by atomic mass is 10.1. The summed E-state index contributed by atoms with van der Waals surface area (Å²) in [6.45, 7) is 5.22. The third kappa shape index (κ3) is 8.24. The van der Waals surface area contributed by atoms with Crippen molar-refractivity contribution in [1.82, 2.24) is 5.32 Å². The molecule has 0 aliphatic rings. The SMILES string of the molecule is CCCCCCCCNC(=O)C(=O)Nc1ccc(OCC)cc1. The lowest BCUT2D eigenvalue weighted by Crippen LogP contribution is -2.35. The predicted octanol–water partition coefficient (Wildman–Crippen LogP) is 3.50. The monoisotopic (exact) mass is 320 g/mol. The molecule has 0 aliphatic heterocycles. The van der Waals surface area contributed by atoms with Crippen molar-refractivity contribution in [2.45, 2.75) is 52.4 Å². The number of hydrogen-bond acceptors (Lipinski definition) is 3. The highest BCUT2D eigenvalue weighted by Gasteiger charge is 2.12. The first-order chi connectivity index (χ1) is 11.2. The summed E-state index contributed by atoms with van der Waals surface area (Å²) in [5, 5.41) is 5.22. The van der Waals surface area contributed by atoms with Gasteiger partial charge in [0.05, 0.1) is 6.61 Å². The van der Waals surface area contributed by atoms with Crippen LogP contribution in [-0.2, 0) is 9.59 Å². The molecule has 0 bridgehead atoms. The zero-order valence-corrected chi connectivity index (χ0v) is 14.2. The van der Waals surface area contributed by atoms with E-state index in [0.29, 0.717) is 18.8 Å². The van der Waals surface area contributed by atoms with Gasteiger partial charge in [-0.05, 0) is 37.6 Å². The Labute approximate surface area is 138 Å². The number of carbonyl (C=O) groups excluding carboxylic acids is 2. The zero-order chi connectivity index (χ0) is 16.9. The van der Waals surface area contributed by atoms with E-state index in [2.05, 4.69) is 17.6 Å². The van der Waals surface area contributed by atoms with E-state index in [0.717, 1.165) is 18.6 Å². The van der Waals surface area contributed by atoms with E-state index < -0.39 is 11.8 Å². The second kappa shape index (κ2) is 11.5. The Morgan fingerprint density at radius 1 is 0.913 bits per heavy atom. The quantitative estimate of drug-likeness (QED) is 0.512. The summed E-state index contributed by atoms with van der Waals surface area (Å²) >= 11 is 0. The van der Waals surface area contributed by atoms with Crippen LogP contribution in [0.4, 0.5) is 5.69 Å². The van der Waals surface area contributed by atoms with Gasteiger partial charge in [-0.2, -0.15) is 0 Å². The van der Waals surface area contributed by atoms with Gasteiger partial charge in [-0.15, -0.1) is 0 Å². The molecule has 0 saturated carbocycles. The largest absolute Gasteiger partial charge is 0.494 e. The Hall–Kier alpha value is -2.04. The molecule has 2 amide bonds. The molecule has 128 valence electrons. The highest BCUT2D eigenvalue weighted by atomic mass is 16.5. The average molecular weight is 320 g/mol. The molecule has 23 heavy (non-hydrogen) atoms. The van der Waals surface area contributed by atoms with Gasteiger partial charge in [0.15, 0.2) is 0 Å². The Bertz CT molecular complexity index is 472. The molecule has 5 heteroatoms. The van der Waals surface area contributed by atoms with Crippen LogP contribution < -0.4 is 15.4 Å². The summed E-state index contributed by atoms with van der Waals surface area (Å²) < 4.78 is 5.32. The lowest BCUT2D eigenvalue weighted by molar-refractivity contribution is -0.136. The summed E-state index contributed by atoms with van der Waals surface area (Å²) in [6.07, 6.45) is 6.90. The minimum Gasteiger partial charge on any atom is -0.494 e. The van der Waals surface area contributed by atoms with Crippen molar-refractivity contribution in [3.63, 3.8) is 0 Å². The van der Waals surface area contributed by atoms with Crippen LogP contribution in [0.15, 0.2) is 24.3 Å². The Morgan fingerprint density at radius 3 is 2.22 bits per heavy atom. The molecule has 2 N–H and O–H groups in total. The number of anilines is 1. The van der Waals surface area contributed by atoms with Gasteiger partial charge in [0.2, 0.25) is 0 Å². The van der Waals surface area contributed by atoms with Crippen LogP contribution in [0.25, 0.3) is 0 Å². The molecule has 0 saturated heterocycles. The molecule has 0 fully saturated rings. The van der Waals surface area contributed by atoms with Crippen LogP contribution in [-0.4, -0.2) is 25.0 Å². The van der Waals surface area contributed by atoms with Crippen molar-refractivity contribution in [2.24, 2.45) is 0 Å². The van der Waals surface area contributed by atoms with Gasteiger partial charge in [-0.3, -0.25) is 9.59 Å². The minimum absolute atomic E-state index is 0.543. The second-order valence-corrected chi connectivity index (χ2v) is 5.44. The molecular weight excluding hydrogens is 292 g/mol. The van der Waals surface area contributed by atoms with Crippen LogP contribution in [0, 0.1) is 0 Å². The van der Waals surface area contributed by atoms with Gasteiger partial charge >= 0.3 is 11.8 Å². The number of amides is 2. The maximum absolute atomic E-state index is 11.8. The maximum atomic E-state index is 11.8. The molecule has 1 rings (SSSR count). The smallest absolute Gasteiger partial charge is 0.313 e. The Morgan fingerprint density at radius 2 is 1.57 bits per heavy atom. The molecule has 0 unspecified atom stereocenters. The summed E-state index contributed by atoms with van der Waals surface area (Å²) in [6, 6.07) is 6.94. The highest BCUT2D eigenvalue weighted by Crippen LogP contribution is 2.15. The van der Waals surface area contributed by atoms with E-state index in [-0.39, 0.29) is 0 Å². The molecule has 1 aromatic carbocycles. The van der Waals surface area contributed by atoms with E-state index in [1.807, 2.05) is 6.92 Å². The normalized spacial score (nSPS) is 10.2. The number of hydrogen-bond donors (Lipinski definition) is 2. The third-order valence-corrected chi connectivity index (χ3v) is 3.45. The fraction of sp³-hybridized carbons (Fsp3) is 0.556. The van der Waals surface area contributed by atoms with Crippen molar-refractivity contribution in [1.29, 1.82) is 0 Å². The van der Waals surface area contributed by atoms with Gasteiger partial charge in [-0.25, -0.2) is 0 Å². The first kappa shape index (κ1) is 19.0.